The Morgan fingerprint density at radius 2 is 2.06 bits per heavy atom. The fourth-order valence-corrected chi connectivity index (χ4v) is 5.46. The van der Waals surface area contributed by atoms with Crippen LogP contribution in [0.5, 0.6) is 0 Å². The lowest BCUT2D eigenvalue weighted by Crippen LogP contribution is -2.35. The van der Waals surface area contributed by atoms with Gasteiger partial charge in [-0.1, -0.05) is 0 Å². The molecule has 0 spiro atoms. The van der Waals surface area contributed by atoms with Crippen molar-refractivity contribution in [3.8, 4) is 0 Å². The Balaban J connectivity index is 1.28. The summed E-state index contributed by atoms with van der Waals surface area (Å²) < 4.78 is 2.44. The summed E-state index contributed by atoms with van der Waals surface area (Å²) in [6, 6.07) is 2.25. The molecule has 2 aliphatic rings. The first-order chi connectivity index (χ1) is 15.9. The zero-order valence-electron chi connectivity index (χ0n) is 18.9. The molecule has 1 saturated carbocycles. The molecular weight excluding hydrogens is 438 g/mol. The third-order valence-electron chi connectivity index (χ3n) is 6.72. The zero-order valence-corrected chi connectivity index (χ0v) is 19.7. The van der Waals surface area contributed by atoms with Gasteiger partial charge in [-0.15, -0.1) is 11.3 Å². The number of rotatable bonds is 6. The van der Waals surface area contributed by atoms with Crippen LogP contribution in [0.25, 0.3) is 10.2 Å². The smallest absolute Gasteiger partial charge is 0.247 e. The number of hydrogen-bond donors (Lipinski definition) is 4. The van der Waals surface area contributed by atoms with E-state index in [2.05, 4.69) is 26.0 Å². The van der Waals surface area contributed by atoms with Gasteiger partial charge < -0.3 is 21.1 Å². The average Bonchev–Trinajstić information content (AvgIpc) is 3.46. The number of nitrogens with zero attached hydrogens (tertiary/aromatic N) is 4. The maximum Gasteiger partial charge on any atom is 0.247 e. The number of nitrogens with one attached hydrogen (secondary N) is 3. The van der Waals surface area contributed by atoms with Crippen molar-refractivity contribution in [3.63, 3.8) is 0 Å². The van der Waals surface area contributed by atoms with Crippen molar-refractivity contribution in [1.29, 1.82) is 0 Å². The van der Waals surface area contributed by atoms with Crippen molar-refractivity contribution in [1.82, 2.24) is 25.1 Å². The van der Waals surface area contributed by atoms with Gasteiger partial charge in [0.15, 0.2) is 0 Å². The highest BCUT2D eigenvalue weighted by Crippen LogP contribution is 2.33. The molecule has 0 bridgehead atoms. The van der Waals surface area contributed by atoms with Gasteiger partial charge in [-0.05, 0) is 75.9 Å². The molecule has 3 aromatic heterocycles. The van der Waals surface area contributed by atoms with Gasteiger partial charge in [-0.2, -0.15) is 10.1 Å². The Bertz CT molecular complexity index is 1110. The summed E-state index contributed by atoms with van der Waals surface area (Å²) in [6.07, 6.45) is 9.28. The number of carbonyl (C=O) groups excluding carboxylic acids is 1. The second kappa shape index (κ2) is 9.36. The first-order valence-corrected chi connectivity index (χ1v) is 12.6. The molecule has 9 nitrogen and oxygen atoms in total. The molecule has 0 amide bonds. The number of aliphatic hydroxyl groups is 1. The highest BCUT2D eigenvalue weighted by atomic mass is 32.1. The Hall–Kier alpha value is -2.56. The van der Waals surface area contributed by atoms with Gasteiger partial charge >= 0.3 is 0 Å². The Morgan fingerprint density at radius 3 is 2.85 bits per heavy atom. The standard InChI is InChI=1S/C23H31N7O2S/c1-23(32)7-2-16(3-8-23)26-21-20-18(6-11-33-20)28-22(29-21)27-17-13-25-30(14-17)19(31)12-15-4-9-24-10-5-15/h6,11,13-16,24,32H,2-5,7-10,12H2,1H3,(H2,26,27,28,29)/t16-,23-. The van der Waals surface area contributed by atoms with E-state index >= 15 is 0 Å². The van der Waals surface area contributed by atoms with E-state index in [1.165, 1.54) is 4.68 Å². The van der Waals surface area contributed by atoms with Crippen molar-refractivity contribution < 1.29 is 9.90 Å². The minimum absolute atomic E-state index is 0.0136. The van der Waals surface area contributed by atoms with E-state index in [1.54, 1.807) is 23.7 Å². The van der Waals surface area contributed by atoms with Crippen molar-refractivity contribution in [3.05, 3.63) is 23.8 Å². The minimum atomic E-state index is -0.569. The van der Waals surface area contributed by atoms with E-state index in [-0.39, 0.29) is 11.9 Å². The lowest BCUT2D eigenvalue weighted by molar-refractivity contribution is 0.0196. The summed E-state index contributed by atoms with van der Waals surface area (Å²) >= 11 is 1.61. The third kappa shape index (κ3) is 5.34. The Morgan fingerprint density at radius 1 is 1.27 bits per heavy atom. The van der Waals surface area contributed by atoms with Crippen LogP contribution in [0, 0.1) is 5.92 Å². The molecule has 0 atom stereocenters. The molecule has 176 valence electrons. The lowest BCUT2D eigenvalue weighted by atomic mass is 9.84. The number of aromatic nitrogens is 4. The summed E-state index contributed by atoms with van der Waals surface area (Å²) in [7, 11) is 0. The summed E-state index contributed by atoms with van der Waals surface area (Å²) in [4.78, 5) is 22.0. The largest absolute Gasteiger partial charge is 0.390 e. The number of carbonyl (C=O) groups is 1. The summed E-state index contributed by atoms with van der Waals surface area (Å²) in [5, 5.41) is 26.6. The maximum absolute atomic E-state index is 12.6. The van der Waals surface area contributed by atoms with Crippen LogP contribution < -0.4 is 16.0 Å². The van der Waals surface area contributed by atoms with Crippen LogP contribution in [0.15, 0.2) is 23.8 Å². The van der Waals surface area contributed by atoms with Gasteiger partial charge in [0.25, 0.3) is 0 Å². The van der Waals surface area contributed by atoms with Crippen LogP contribution in [0.3, 0.4) is 0 Å². The van der Waals surface area contributed by atoms with Crippen LogP contribution in [0.4, 0.5) is 17.5 Å². The monoisotopic (exact) mass is 469 g/mol. The fourth-order valence-electron chi connectivity index (χ4n) is 4.67. The van der Waals surface area contributed by atoms with E-state index in [9.17, 15) is 9.90 Å². The number of thiophene rings is 1. The third-order valence-corrected chi connectivity index (χ3v) is 7.63. The molecule has 1 saturated heterocycles. The highest BCUT2D eigenvalue weighted by molar-refractivity contribution is 7.17. The maximum atomic E-state index is 12.6. The van der Waals surface area contributed by atoms with Crippen LogP contribution >= 0.6 is 11.3 Å². The molecule has 0 radical (unpaired) electrons. The summed E-state index contributed by atoms with van der Waals surface area (Å²) in [5.74, 6) is 1.70. The molecule has 10 heteroatoms. The molecule has 0 unspecified atom stereocenters. The molecule has 1 aliphatic heterocycles. The predicted octanol–water partition coefficient (Wildman–Crippen LogP) is 3.77. The number of fused-ring (bicyclic) bond motifs is 1. The van der Waals surface area contributed by atoms with Crippen LogP contribution in [-0.2, 0) is 0 Å². The Labute approximate surface area is 197 Å². The minimum Gasteiger partial charge on any atom is -0.390 e. The van der Waals surface area contributed by atoms with Gasteiger partial charge in [0.2, 0.25) is 11.9 Å². The number of piperidine rings is 1. The normalized spacial score (nSPS) is 24.1. The molecule has 4 N–H and O–H groups in total. The molecule has 3 aromatic rings. The molecular formula is C23H31N7O2S. The zero-order chi connectivity index (χ0) is 22.8. The Kier molecular flexibility index (Phi) is 6.31. The number of anilines is 3. The first kappa shape index (κ1) is 22.2. The highest BCUT2D eigenvalue weighted by Gasteiger charge is 2.29. The van der Waals surface area contributed by atoms with Crippen molar-refractivity contribution in [2.45, 2.75) is 63.5 Å². The summed E-state index contributed by atoms with van der Waals surface area (Å²) in [5.41, 5.74) is 0.986. The lowest BCUT2D eigenvalue weighted by Gasteiger charge is -2.33. The van der Waals surface area contributed by atoms with E-state index in [0.717, 1.165) is 67.6 Å². The molecule has 33 heavy (non-hydrogen) atoms. The topological polar surface area (TPSA) is 117 Å². The molecule has 5 rings (SSSR count). The van der Waals surface area contributed by atoms with E-state index in [0.29, 0.717) is 24.0 Å². The van der Waals surface area contributed by atoms with Crippen molar-refractivity contribution in [2.75, 3.05) is 23.7 Å². The van der Waals surface area contributed by atoms with Gasteiger partial charge in [0.05, 0.1) is 33.9 Å². The second-order valence-electron chi connectivity index (χ2n) is 9.54. The molecule has 1 aliphatic carbocycles. The molecule has 0 aromatic carbocycles. The molecule has 2 fully saturated rings. The summed E-state index contributed by atoms with van der Waals surface area (Å²) in [6.45, 7) is 3.86. The second-order valence-corrected chi connectivity index (χ2v) is 10.5. The van der Waals surface area contributed by atoms with Crippen LogP contribution in [-0.4, -0.2) is 55.5 Å². The van der Waals surface area contributed by atoms with E-state index < -0.39 is 5.60 Å². The van der Waals surface area contributed by atoms with E-state index in [4.69, 9.17) is 4.98 Å². The van der Waals surface area contributed by atoms with Crippen molar-refractivity contribution >= 4 is 44.9 Å². The van der Waals surface area contributed by atoms with Gasteiger partial charge in [0, 0.05) is 12.5 Å². The van der Waals surface area contributed by atoms with Gasteiger partial charge in [-0.25, -0.2) is 9.67 Å². The average molecular weight is 470 g/mol. The van der Waals surface area contributed by atoms with Crippen molar-refractivity contribution in [2.24, 2.45) is 5.92 Å². The molecule has 4 heterocycles. The SMILES string of the molecule is C[C@]1(O)CC[C@H](Nc2nc(Nc3cnn(C(=O)CC4CCNCC4)c3)nc3ccsc23)CC1. The quantitative estimate of drug-likeness (QED) is 0.431. The van der Waals surface area contributed by atoms with Crippen LogP contribution in [0.2, 0.25) is 0 Å². The number of hydrogen-bond acceptors (Lipinski definition) is 9. The van der Waals surface area contributed by atoms with Gasteiger partial charge in [-0.3, -0.25) is 4.79 Å². The fraction of sp³-hybridized carbons (Fsp3) is 0.565. The predicted molar refractivity (Wildman–Crippen MR) is 130 cm³/mol. The van der Waals surface area contributed by atoms with Crippen LogP contribution in [0.1, 0.15) is 56.7 Å². The van der Waals surface area contributed by atoms with Gasteiger partial charge in [0.1, 0.15) is 5.82 Å². The van der Waals surface area contributed by atoms with E-state index in [1.807, 2.05) is 18.4 Å². The first-order valence-electron chi connectivity index (χ1n) is 11.7.